The summed E-state index contributed by atoms with van der Waals surface area (Å²) in [6, 6.07) is 11.0. The molecule has 1 aliphatic heterocycles. The molecule has 1 unspecified atom stereocenters. The average molecular weight is 469 g/mol. The average Bonchev–Trinajstić information content (AvgIpc) is 3.36. The van der Waals surface area contributed by atoms with Gasteiger partial charge in [0.25, 0.3) is 0 Å². The van der Waals surface area contributed by atoms with Crippen molar-refractivity contribution >= 4 is 17.3 Å². The summed E-state index contributed by atoms with van der Waals surface area (Å²) in [5, 5.41) is 2.82. The molecule has 3 aromatic rings. The number of anilines is 2. The summed E-state index contributed by atoms with van der Waals surface area (Å²) in [4.78, 5) is 20.9. The Morgan fingerprint density at radius 2 is 1.76 bits per heavy atom. The van der Waals surface area contributed by atoms with Crippen molar-refractivity contribution in [1.29, 1.82) is 0 Å². The summed E-state index contributed by atoms with van der Waals surface area (Å²) in [5.41, 5.74) is 1.87. The largest absolute Gasteiger partial charge is 0.447 e. The van der Waals surface area contributed by atoms with E-state index in [0.29, 0.717) is 43.4 Å². The summed E-state index contributed by atoms with van der Waals surface area (Å²) in [7, 11) is 0. The van der Waals surface area contributed by atoms with Crippen LogP contribution in [0.3, 0.4) is 0 Å². The van der Waals surface area contributed by atoms with Gasteiger partial charge in [0, 0.05) is 37.8 Å². The zero-order valence-corrected chi connectivity index (χ0v) is 19.5. The van der Waals surface area contributed by atoms with Crippen molar-refractivity contribution < 1.29 is 18.0 Å². The van der Waals surface area contributed by atoms with E-state index in [9.17, 15) is 13.6 Å². The van der Waals surface area contributed by atoms with Crippen molar-refractivity contribution in [1.82, 2.24) is 9.88 Å². The van der Waals surface area contributed by atoms with Crippen LogP contribution >= 0.6 is 0 Å². The maximum Gasteiger partial charge on any atom is 0.227 e. The quantitative estimate of drug-likeness (QED) is 0.490. The molecule has 1 atom stereocenters. The fourth-order valence-electron chi connectivity index (χ4n) is 4.49. The van der Waals surface area contributed by atoms with Gasteiger partial charge in [-0.15, -0.1) is 0 Å². The highest BCUT2D eigenvalue weighted by Crippen LogP contribution is 2.31. The van der Waals surface area contributed by atoms with Gasteiger partial charge in [0.1, 0.15) is 23.9 Å². The molecule has 0 radical (unpaired) electrons. The Labute approximate surface area is 198 Å². The molecule has 0 saturated carbocycles. The van der Waals surface area contributed by atoms with Crippen molar-refractivity contribution in [3.63, 3.8) is 0 Å². The summed E-state index contributed by atoms with van der Waals surface area (Å²) in [6.07, 6.45) is 4.63. The minimum absolute atomic E-state index is 0.0754. The lowest BCUT2D eigenvalue weighted by molar-refractivity contribution is -0.120. The molecule has 1 aliphatic rings. The highest BCUT2D eigenvalue weighted by atomic mass is 19.1. The standard InChI is InChI=1S/C26H30F2N4O2/c1-3-18(4-2)25(33)30-21-9-10-23(22(28)17-21)31-12-14-32(15-13-31)24(26-29-11-16-34-26)19-5-7-20(27)8-6-19/h5-11,16-18,24H,3-4,12-15H2,1-2H3,(H,30,33). The molecule has 1 aromatic heterocycles. The first-order valence-electron chi connectivity index (χ1n) is 11.7. The third-order valence-corrected chi connectivity index (χ3v) is 6.46. The van der Waals surface area contributed by atoms with E-state index >= 15 is 0 Å². The summed E-state index contributed by atoms with van der Waals surface area (Å²) < 4.78 is 34.0. The highest BCUT2D eigenvalue weighted by Gasteiger charge is 2.30. The van der Waals surface area contributed by atoms with Gasteiger partial charge in [-0.25, -0.2) is 13.8 Å². The van der Waals surface area contributed by atoms with Gasteiger partial charge < -0.3 is 14.6 Å². The lowest BCUT2D eigenvalue weighted by Crippen LogP contribution is -2.48. The number of carbonyl (C=O) groups excluding carboxylic acids is 1. The number of aromatic nitrogens is 1. The second kappa shape index (κ2) is 10.8. The van der Waals surface area contributed by atoms with Crippen molar-refractivity contribution in [3.05, 3.63) is 78.0 Å². The normalized spacial score (nSPS) is 15.5. The Balaban J connectivity index is 1.44. The van der Waals surface area contributed by atoms with Crippen LogP contribution in [0, 0.1) is 17.6 Å². The lowest BCUT2D eigenvalue weighted by atomic mass is 10.0. The smallest absolute Gasteiger partial charge is 0.227 e. The molecule has 1 N–H and O–H groups in total. The topological polar surface area (TPSA) is 61.6 Å². The van der Waals surface area contributed by atoms with Gasteiger partial charge in [-0.2, -0.15) is 0 Å². The van der Waals surface area contributed by atoms with Crippen LogP contribution in [-0.2, 0) is 4.79 Å². The van der Waals surface area contributed by atoms with Crippen molar-refractivity contribution in [2.75, 3.05) is 36.4 Å². The van der Waals surface area contributed by atoms with Crippen LogP contribution in [-0.4, -0.2) is 42.0 Å². The van der Waals surface area contributed by atoms with Gasteiger partial charge in [-0.1, -0.05) is 26.0 Å². The van der Waals surface area contributed by atoms with Crippen LogP contribution in [0.5, 0.6) is 0 Å². The second-order valence-electron chi connectivity index (χ2n) is 8.52. The molecular formula is C26H30F2N4O2. The molecule has 0 spiro atoms. The Morgan fingerprint density at radius 3 is 2.35 bits per heavy atom. The number of oxazole rings is 1. The van der Waals surface area contributed by atoms with E-state index in [4.69, 9.17) is 4.42 Å². The van der Waals surface area contributed by atoms with E-state index in [1.807, 2.05) is 18.7 Å². The minimum atomic E-state index is -0.362. The Kier molecular flexibility index (Phi) is 7.57. The molecule has 4 rings (SSSR count). The predicted molar refractivity (Wildman–Crippen MR) is 128 cm³/mol. The molecule has 2 aromatic carbocycles. The fraction of sp³-hybridized carbons (Fsp3) is 0.385. The third kappa shape index (κ3) is 5.28. The van der Waals surface area contributed by atoms with Gasteiger partial charge in [-0.05, 0) is 48.7 Å². The first-order chi connectivity index (χ1) is 16.5. The van der Waals surface area contributed by atoms with Crippen LogP contribution in [0.25, 0.3) is 0 Å². The van der Waals surface area contributed by atoms with Gasteiger partial charge >= 0.3 is 0 Å². The number of nitrogens with one attached hydrogen (secondary N) is 1. The molecule has 0 aliphatic carbocycles. The van der Waals surface area contributed by atoms with E-state index in [0.717, 1.165) is 18.4 Å². The van der Waals surface area contributed by atoms with Gasteiger partial charge in [0.15, 0.2) is 0 Å². The fourth-order valence-corrected chi connectivity index (χ4v) is 4.49. The second-order valence-corrected chi connectivity index (χ2v) is 8.52. The van der Waals surface area contributed by atoms with Gasteiger partial charge in [-0.3, -0.25) is 9.69 Å². The Morgan fingerprint density at radius 1 is 1.06 bits per heavy atom. The monoisotopic (exact) mass is 468 g/mol. The van der Waals surface area contributed by atoms with Crippen molar-refractivity contribution in [2.24, 2.45) is 5.92 Å². The molecule has 1 fully saturated rings. The Bertz CT molecular complexity index is 1080. The number of carbonyl (C=O) groups is 1. The molecule has 8 heteroatoms. The van der Waals surface area contributed by atoms with Crippen LogP contribution in [0.15, 0.2) is 59.3 Å². The van der Waals surface area contributed by atoms with E-state index in [1.165, 1.54) is 24.5 Å². The van der Waals surface area contributed by atoms with Crippen molar-refractivity contribution in [2.45, 2.75) is 32.7 Å². The minimum Gasteiger partial charge on any atom is -0.447 e. The highest BCUT2D eigenvalue weighted by molar-refractivity contribution is 5.92. The number of nitrogens with zero attached hydrogens (tertiary/aromatic N) is 3. The van der Waals surface area contributed by atoms with E-state index in [1.54, 1.807) is 30.5 Å². The van der Waals surface area contributed by atoms with Gasteiger partial charge in [0.2, 0.25) is 11.8 Å². The first-order valence-corrected chi connectivity index (χ1v) is 11.7. The Hall–Kier alpha value is -3.26. The molecule has 2 heterocycles. The van der Waals surface area contributed by atoms with Crippen LogP contribution in [0.4, 0.5) is 20.2 Å². The number of amides is 1. The number of rotatable bonds is 8. The number of hydrogen-bond acceptors (Lipinski definition) is 5. The zero-order chi connectivity index (χ0) is 24.1. The lowest BCUT2D eigenvalue weighted by Gasteiger charge is -2.39. The molecule has 1 amide bonds. The van der Waals surface area contributed by atoms with Crippen LogP contribution in [0.1, 0.15) is 44.2 Å². The maximum atomic E-state index is 15.0. The van der Waals surface area contributed by atoms with Crippen molar-refractivity contribution in [3.8, 4) is 0 Å². The van der Waals surface area contributed by atoms with E-state index in [-0.39, 0.29) is 29.5 Å². The number of halogens is 2. The predicted octanol–water partition coefficient (Wildman–Crippen LogP) is 5.24. The molecule has 34 heavy (non-hydrogen) atoms. The number of hydrogen-bond donors (Lipinski definition) is 1. The van der Waals surface area contributed by atoms with E-state index in [2.05, 4.69) is 15.2 Å². The molecule has 1 saturated heterocycles. The summed E-state index contributed by atoms with van der Waals surface area (Å²) >= 11 is 0. The zero-order valence-electron chi connectivity index (χ0n) is 19.5. The molecule has 6 nitrogen and oxygen atoms in total. The van der Waals surface area contributed by atoms with Gasteiger partial charge in [0.05, 0.1) is 11.9 Å². The third-order valence-electron chi connectivity index (χ3n) is 6.46. The maximum absolute atomic E-state index is 15.0. The SMILES string of the molecule is CCC(CC)C(=O)Nc1ccc(N2CCN(C(c3ccc(F)cc3)c3ncco3)CC2)c(F)c1. The summed E-state index contributed by atoms with van der Waals surface area (Å²) in [5.74, 6) is -0.269. The number of piperazine rings is 1. The molecular weight excluding hydrogens is 438 g/mol. The van der Waals surface area contributed by atoms with Crippen LogP contribution < -0.4 is 10.2 Å². The first kappa shape index (κ1) is 23.9. The summed E-state index contributed by atoms with van der Waals surface area (Å²) in [6.45, 7) is 6.46. The number of benzene rings is 2. The van der Waals surface area contributed by atoms with E-state index < -0.39 is 0 Å². The molecule has 180 valence electrons. The molecule has 0 bridgehead atoms. The van der Waals surface area contributed by atoms with Crippen LogP contribution in [0.2, 0.25) is 0 Å².